The molecule has 0 aromatic heterocycles. The highest BCUT2D eigenvalue weighted by Crippen LogP contribution is 2.56. The number of Topliss-reactive ketones (excluding diaryl/α,β-unsaturated/α-hetero) is 1. The molecule has 204 valence electrons. The summed E-state index contributed by atoms with van der Waals surface area (Å²) in [5.74, 6) is -2.02. The van der Waals surface area contributed by atoms with Crippen molar-refractivity contribution in [3.05, 3.63) is 95.6 Å². The van der Waals surface area contributed by atoms with Gasteiger partial charge in [0.25, 0.3) is 0 Å². The van der Waals surface area contributed by atoms with Crippen LogP contribution in [0.5, 0.6) is 11.5 Å². The molecular formula is C31H34N2O6. The van der Waals surface area contributed by atoms with Crippen molar-refractivity contribution in [1.82, 2.24) is 10.2 Å². The van der Waals surface area contributed by atoms with Crippen LogP contribution in [0.1, 0.15) is 54.2 Å². The number of carboxylic acids is 1. The third-order valence-electron chi connectivity index (χ3n) is 7.44. The maximum Gasteiger partial charge on any atom is 0.330 e. The Hall–Kier alpha value is -4.33. The van der Waals surface area contributed by atoms with Gasteiger partial charge in [-0.1, -0.05) is 42.5 Å². The van der Waals surface area contributed by atoms with E-state index in [0.29, 0.717) is 28.2 Å². The van der Waals surface area contributed by atoms with Crippen molar-refractivity contribution in [2.75, 3.05) is 14.2 Å². The van der Waals surface area contributed by atoms with Gasteiger partial charge in [-0.05, 0) is 68.3 Å². The lowest BCUT2D eigenvalue weighted by molar-refractivity contribution is -0.148. The SMILES string of the molecule is COc1ccc(C(=O)C2C(c3ccc(OC)cc3)N(C(=O)NC(C)C)C(C)(C(=O)O)C2c2ccccc2)cc1. The smallest absolute Gasteiger partial charge is 0.330 e. The summed E-state index contributed by atoms with van der Waals surface area (Å²) in [5, 5.41) is 13.6. The summed E-state index contributed by atoms with van der Waals surface area (Å²) in [7, 11) is 3.10. The van der Waals surface area contributed by atoms with E-state index >= 15 is 0 Å². The molecule has 4 unspecified atom stereocenters. The number of urea groups is 1. The Labute approximate surface area is 228 Å². The van der Waals surface area contributed by atoms with Gasteiger partial charge in [-0.2, -0.15) is 0 Å². The number of hydrogen-bond donors (Lipinski definition) is 2. The van der Waals surface area contributed by atoms with E-state index in [9.17, 15) is 19.5 Å². The van der Waals surface area contributed by atoms with E-state index in [1.165, 1.54) is 11.8 Å². The van der Waals surface area contributed by atoms with E-state index in [0.717, 1.165) is 0 Å². The number of methoxy groups -OCH3 is 2. The maximum absolute atomic E-state index is 14.4. The van der Waals surface area contributed by atoms with Crippen molar-refractivity contribution in [2.45, 2.75) is 44.3 Å². The van der Waals surface area contributed by atoms with Crippen LogP contribution >= 0.6 is 0 Å². The monoisotopic (exact) mass is 530 g/mol. The van der Waals surface area contributed by atoms with Gasteiger partial charge in [0.05, 0.1) is 26.2 Å². The fraction of sp³-hybridized carbons (Fsp3) is 0.323. The van der Waals surface area contributed by atoms with Crippen LogP contribution in [-0.2, 0) is 4.79 Å². The Morgan fingerprint density at radius 2 is 1.38 bits per heavy atom. The number of likely N-dealkylation sites (tertiary alicyclic amines) is 1. The van der Waals surface area contributed by atoms with Gasteiger partial charge in [0, 0.05) is 17.5 Å². The number of hydrogen-bond acceptors (Lipinski definition) is 5. The summed E-state index contributed by atoms with van der Waals surface area (Å²) in [6.45, 7) is 5.15. The van der Waals surface area contributed by atoms with Gasteiger partial charge in [-0.3, -0.25) is 4.79 Å². The fourth-order valence-electron chi connectivity index (χ4n) is 5.61. The molecule has 1 saturated heterocycles. The highest BCUT2D eigenvalue weighted by molar-refractivity contribution is 6.02. The molecule has 2 N–H and O–H groups in total. The molecule has 39 heavy (non-hydrogen) atoms. The molecule has 4 rings (SSSR count). The minimum Gasteiger partial charge on any atom is -0.497 e. The van der Waals surface area contributed by atoms with Crippen molar-refractivity contribution in [3.63, 3.8) is 0 Å². The number of benzene rings is 3. The van der Waals surface area contributed by atoms with Crippen LogP contribution in [0.2, 0.25) is 0 Å². The summed E-state index contributed by atoms with van der Waals surface area (Å²) < 4.78 is 10.6. The summed E-state index contributed by atoms with van der Waals surface area (Å²) in [5.41, 5.74) is -0.0586. The second-order valence-electron chi connectivity index (χ2n) is 10.2. The average molecular weight is 531 g/mol. The van der Waals surface area contributed by atoms with Crippen molar-refractivity contribution in [3.8, 4) is 11.5 Å². The third-order valence-corrected chi connectivity index (χ3v) is 7.44. The molecule has 3 aromatic carbocycles. The number of nitrogens with one attached hydrogen (secondary N) is 1. The molecule has 0 bridgehead atoms. The molecule has 0 spiro atoms. The Kier molecular flexibility index (Phi) is 7.95. The van der Waals surface area contributed by atoms with Gasteiger partial charge in [0.1, 0.15) is 17.0 Å². The van der Waals surface area contributed by atoms with Crippen LogP contribution < -0.4 is 14.8 Å². The van der Waals surface area contributed by atoms with E-state index in [1.807, 2.05) is 44.2 Å². The van der Waals surface area contributed by atoms with Gasteiger partial charge in [-0.15, -0.1) is 0 Å². The van der Waals surface area contributed by atoms with Crippen LogP contribution in [0.3, 0.4) is 0 Å². The molecule has 0 aliphatic carbocycles. The second kappa shape index (κ2) is 11.2. The highest BCUT2D eigenvalue weighted by atomic mass is 16.5. The Morgan fingerprint density at radius 1 is 0.846 bits per heavy atom. The second-order valence-corrected chi connectivity index (χ2v) is 10.2. The Balaban J connectivity index is 2.01. The number of carbonyl (C=O) groups excluding carboxylic acids is 2. The van der Waals surface area contributed by atoms with Crippen LogP contribution in [0, 0.1) is 5.92 Å². The Bertz CT molecular complexity index is 1320. The number of amides is 2. The maximum atomic E-state index is 14.4. The van der Waals surface area contributed by atoms with Gasteiger partial charge in [-0.25, -0.2) is 9.59 Å². The van der Waals surface area contributed by atoms with Gasteiger partial charge < -0.3 is 24.8 Å². The topological polar surface area (TPSA) is 105 Å². The van der Waals surface area contributed by atoms with E-state index in [1.54, 1.807) is 62.8 Å². The molecule has 1 aliphatic rings. The zero-order valence-electron chi connectivity index (χ0n) is 22.8. The van der Waals surface area contributed by atoms with Crippen LogP contribution in [0.25, 0.3) is 0 Å². The van der Waals surface area contributed by atoms with Crippen molar-refractivity contribution < 1.29 is 29.0 Å². The van der Waals surface area contributed by atoms with Gasteiger partial charge in [0.15, 0.2) is 5.78 Å². The quantitative estimate of drug-likeness (QED) is 0.383. The number of ketones is 1. The third kappa shape index (κ3) is 5.06. The number of aliphatic carboxylic acids is 1. The molecule has 3 aromatic rings. The normalized spacial score (nSPS) is 22.4. The summed E-state index contributed by atoms with van der Waals surface area (Å²) >= 11 is 0. The molecule has 2 amide bonds. The highest BCUT2D eigenvalue weighted by Gasteiger charge is 2.65. The first-order chi connectivity index (χ1) is 18.6. The predicted octanol–water partition coefficient (Wildman–Crippen LogP) is 5.30. The first kappa shape index (κ1) is 27.7. The van der Waals surface area contributed by atoms with Crippen molar-refractivity contribution in [2.24, 2.45) is 5.92 Å². The predicted molar refractivity (Wildman–Crippen MR) is 147 cm³/mol. The van der Waals surface area contributed by atoms with E-state index in [-0.39, 0.29) is 11.8 Å². The van der Waals surface area contributed by atoms with E-state index in [2.05, 4.69) is 5.32 Å². The van der Waals surface area contributed by atoms with E-state index < -0.39 is 35.4 Å². The molecule has 4 atom stereocenters. The summed E-state index contributed by atoms with van der Waals surface area (Å²) in [4.78, 5) is 42.8. The molecule has 0 saturated carbocycles. The average Bonchev–Trinajstić information content (AvgIpc) is 3.23. The lowest BCUT2D eigenvalue weighted by atomic mass is 9.71. The fourth-order valence-corrected chi connectivity index (χ4v) is 5.61. The van der Waals surface area contributed by atoms with E-state index in [4.69, 9.17) is 9.47 Å². The summed E-state index contributed by atoms with van der Waals surface area (Å²) in [6.07, 6.45) is 0. The molecule has 0 radical (unpaired) electrons. The minimum atomic E-state index is -1.75. The molecular weight excluding hydrogens is 496 g/mol. The number of carbonyl (C=O) groups is 3. The number of carboxylic acid groups (broad SMARTS) is 1. The standard InChI is InChI=1S/C31H34N2O6/c1-19(2)32-30(37)33-27(21-11-15-23(38-4)16-12-21)25(28(34)22-13-17-24(39-5)18-14-22)26(31(33,3)29(35)36)20-9-7-6-8-10-20/h6-19,25-27H,1-5H3,(H,32,37)(H,35,36). The van der Waals surface area contributed by atoms with Gasteiger partial charge in [0.2, 0.25) is 0 Å². The molecule has 1 heterocycles. The van der Waals surface area contributed by atoms with Crippen LogP contribution in [0.15, 0.2) is 78.9 Å². The minimum absolute atomic E-state index is 0.251. The molecule has 8 nitrogen and oxygen atoms in total. The lowest BCUT2D eigenvalue weighted by Crippen LogP contribution is -2.57. The van der Waals surface area contributed by atoms with Gasteiger partial charge >= 0.3 is 12.0 Å². The summed E-state index contributed by atoms with van der Waals surface area (Å²) in [6, 6.07) is 21.2. The lowest BCUT2D eigenvalue weighted by Gasteiger charge is -2.38. The van der Waals surface area contributed by atoms with Crippen LogP contribution in [-0.4, -0.2) is 53.6 Å². The zero-order valence-corrected chi connectivity index (χ0v) is 22.8. The molecule has 8 heteroatoms. The number of rotatable bonds is 8. The van der Waals surface area contributed by atoms with Crippen molar-refractivity contribution >= 4 is 17.8 Å². The zero-order chi connectivity index (χ0) is 28.3. The number of nitrogens with zero attached hydrogens (tertiary/aromatic N) is 1. The largest absolute Gasteiger partial charge is 0.497 e. The van der Waals surface area contributed by atoms with Crippen LogP contribution in [0.4, 0.5) is 4.79 Å². The van der Waals surface area contributed by atoms with Crippen molar-refractivity contribution in [1.29, 1.82) is 0 Å². The Morgan fingerprint density at radius 3 is 1.87 bits per heavy atom. The first-order valence-corrected chi connectivity index (χ1v) is 12.8. The first-order valence-electron chi connectivity index (χ1n) is 12.8. The molecule has 1 fully saturated rings. The number of ether oxygens (including phenoxy) is 2. The molecule has 1 aliphatic heterocycles.